The molecule has 2 aliphatic rings. The van der Waals surface area contributed by atoms with Gasteiger partial charge in [-0.15, -0.1) is 0 Å². The first kappa shape index (κ1) is 17.0. The standard InChI is InChI=1S/C19H27N3O2/c1-2-15-14-18(23)20-21-19(15)16-6-8-17(9-7-16)24-13-5-12-22-10-3-4-11-22/h6-9,15H,2-5,10-14H2,1H3,(H,20,23). The van der Waals surface area contributed by atoms with Gasteiger partial charge in [0.15, 0.2) is 0 Å². The molecule has 130 valence electrons. The van der Waals surface area contributed by atoms with E-state index in [9.17, 15) is 4.79 Å². The lowest BCUT2D eigenvalue weighted by atomic mass is 9.90. The number of hydrazone groups is 1. The Morgan fingerprint density at radius 2 is 2.00 bits per heavy atom. The van der Waals surface area contributed by atoms with E-state index in [0.717, 1.165) is 43.0 Å². The molecule has 0 radical (unpaired) electrons. The predicted octanol–water partition coefficient (Wildman–Crippen LogP) is 2.80. The van der Waals surface area contributed by atoms with Gasteiger partial charge in [-0.1, -0.05) is 6.92 Å². The van der Waals surface area contributed by atoms with E-state index in [4.69, 9.17) is 4.74 Å². The van der Waals surface area contributed by atoms with E-state index in [0.29, 0.717) is 6.42 Å². The number of carbonyl (C=O) groups is 1. The zero-order valence-electron chi connectivity index (χ0n) is 14.5. The molecule has 0 bridgehead atoms. The van der Waals surface area contributed by atoms with Gasteiger partial charge in [-0.2, -0.15) is 5.10 Å². The maximum absolute atomic E-state index is 11.5. The third-order valence-corrected chi connectivity index (χ3v) is 4.85. The quantitative estimate of drug-likeness (QED) is 0.783. The Bertz CT molecular complexity index is 577. The van der Waals surface area contributed by atoms with Crippen molar-refractivity contribution >= 4 is 11.6 Å². The largest absolute Gasteiger partial charge is 0.494 e. The van der Waals surface area contributed by atoms with Crippen LogP contribution in [0, 0.1) is 5.92 Å². The highest BCUT2D eigenvalue weighted by molar-refractivity contribution is 6.05. The lowest BCUT2D eigenvalue weighted by Gasteiger charge is -2.21. The van der Waals surface area contributed by atoms with Crippen LogP contribution in [0.5, 0.6) is 5.75 Å². The number of carbonyl (C=O) groups excluding carboxylic acids is 1. The van der Waals surface area contributed by atoms with Gasteiger partial charge in [0.1, 0.15) is 5.75 Å². The van der Waals surface area contributed by atoms with Crippen molar-refractivity contribution in [3.8, 4) is 5.75 Å². The molecule has 1 aromatic rings. The third-order valence-electron chi connectivity index (χ3n) is 4.85. The van der Waals surface area contributed by atoms with Crippen LogP contribution in [0.4, 0.5) is 0 Å². The second-order valence-electron chi connectivity index (χ2n) is 6.62. The number of nitrogens with one attached hydrogen (secondary N) is 1. The van der Waals surface area contributed by atoms with Gasteiger partial charge in [-0.25, -0.2) is 5.43 Å². The lowest BCUT2D eigenvalue weighted by Crippen LogP contribution is -2.33. The second-order valence-corrected chi connectivity index (χ2v) is 6.62. The van der Waals surface area contributed by atoms with Crippen LogP contribution in [0.3, 0.4) is 0 Å². The minimum atomic E-state index is 0.00329. The summed E-state index contributed by atoms with van der Waals surface area (Å²) in [7, 11) is 0. The van der Waals surface area contributed by atoms with Crippen molar-refractivity contribution in [1.29, 1.82) is 0 Å². The molecule has 1 unspecified atom stereocenters. The van der Waals surface area contributed by atoms with Gasteiger partial charge >= 0.3 is 0 Å². The molecule has 2 aliphatic heterocycles. The Hall–Kier alpha value is -1.88. The fraction of sp³-hybridized carbons (Fsp3) is 0.579. The molecule has 1 saturated heterocycles. The molecule has 0 aromatic heterocycles. The second kappa shape index (κ2) is 8.29. The molecule has 0 saturated carbocycles. The molecule has 1 fully saturated rings. The van der Waals surface area contributed by atoms with E-state index in [1.54, 1.807) is 0 Å². The summed E-state index contributed by atoms with van der Waals surface area (Å²) >= 11 is 0. The zero-order valence-corrected chi connectivity index (χ0v) is 14.5. The maximum atomic E-state index is 11.5. The van der Waals surface area contributed by atoms with E-state index in [1.165, 1.54) is 25.9 Å². The number of likely N-dealkylation sites (tertiary alicyclic amines) is 1. The Balaban J connectivity index is 1.50. The fourth-order valence-corrected chi connectivity index (χ4v) is 3.42. The Kier molecular flexibility index (Phi) is 5.86. The van der Waals surface area contributed by atoms with Crippen molar-refractivity contribution < 1.29 is 9.53 Å². The highest BCUT2D eigenvalue weighted by atomic mass is 16.5. The summed E-state index contributed by atoms with van der Waals surface area (Å²) in [5.74, 6) is 1.10. The monoisotopic (exact) mass is 329 g/mol. The smallest absolute Gasteiger partial charge is 0.240 e. The highest BCUT2D eigenvalue weighted by Crippen LogP contribution is 2.22. The molecule has 2 heterocycles. The maximum Gasteiger partial charge on any atom is 0.240 e. The Morgan fingerprint density at radius 3 is 2.71 bits per heavy atom. The van der Waals surface area contributed by atoms with E-state index in [-0.39, 0.29) is 11.8 Å². The number of hydrogen-bond acceptors (Lipinski definition) is 4. The van der Waals surface area contributed by atoms with Crippen LogP contribution >= 0.6 is 0 Å². The number of amides is 1. The molecule has 5 nitrogen and oxygen atoms in total. The molecule has 1 aromatic carbocycles. The van der Waals surface area contributed by atoms with Crippen molar-refractivity contribution in [3.05, 3.63) is 29.8 Å². The van der Waals surface area contributed by atoms with Gasteiger partial charge in [0, 0.05) is 18.9 Å². The highest BCUT2D eigenvalue weighted by Gasteiger charge is 2.23. The van der Waals surface area contributed by atoms with Gasteiger partial charge in [0.2, 0.25) is 5.91 Å². The molecule has 3 rings (SSSR count). The molecule has 0 spiro atoms. The zero-order chi connectivity index (χ0) is 16.8. The van der Waals surface area contributed by atoms with Crippen LogP contribution in [0.15, 0.2) is 29.4 Å². The normalized spacial score (nSPS) is 21.5. The number of benzene rings is 1. The SMILES string of the molecule is CCC1CC(=O)NN=C1c1ccc(OCCCN2CCCC2)cc1. The van der Waals surface area contributed by atoms with Crippen LogP contribution in [0.2, 0.25) is 0 Å². The van der Waals surface area contributed by atoms with Crippen LogP contribution in [0.25, 0.3) is 0 Å². The summed E-state index contributed by atoms with van der Waals surface area (Å²) in [5.41, 5.74) is 4.62. The molecule has 24 heavy (non-hydrogen) atoms. The minimum Gasteiger partial charge on any atom is -0.494 e. The third kappa shape index (κ3) is 4.35. The number of hydrogen-bond donors (Lipinski definition) is 1. The van der Waals surface area contributed by atoms with Crippen LogP contribution in [-0.4, -0.2) is 42.8 Å². The average Bonchev–Trinajstić information content (AvgIpc) is 3.13. The topological polar surface area (TPSA) is 53.9 Å². The van der Waals surface area contributed by atoms with Crippen LogP contribution in [0.1, 0.15) is 44.6 Å². The summed E-state index contributed by atoms with van der Waals surface area (Å²) in [6.45, 7) is 6.46. The van der Waals surface area contributed by atoms with E-state index < -0.39 is 0 Å². The molecule has 1 atom stereocenters. The fourth-order valence-electron chi connectivity index (χ4n) is 3.42. The summed E-state index contributed by atoms with van der Waals surface area (Å²) < 4.78 is 5.84. The van der Waals surface area contributed by atoms with Crippen LogP contribution in [-0.2, 0) is 4.79 Å². The van der Waals surface area contributed by atoms with Gasteiger partial charge in [0.05, 0.1) is 12.3 Å². The number of nitrogens with zero attached hydrogens (tertiary/aromatic N) is 2. The van der Waals surface area contributed by atoms with Gasteiger partial charge in [-0.05, 0) is 68.6 Å². The van der Waals surface area contributed by atoms with Gasteiger partial charge in [-0.3, -0.25) is 4.79 Å². The lowest BCUT2D eigenvalue weighted by molar-refractivity contribution is -0.122. The van der Waals surface area contributed by atoms with Crippen molar-refractivity contribution in [1.82, 2.24) is 10.3 Å². The van der Waals surface area contributed by atoms with E-state index in [2.05, 4.69) is 22.4 Å². The summed E-state index contributed by atoms with van der Waals surface area (Å²) in [6, 6.07) is 8.07. The van der Waals surface area contributed by atoms with Crippen molar-refractivity contribution in [2.75, 3.05) is 26.2 Å². The Labute approximate surface area is 144 Å². The van der Waals surface area contributed by atoms with Crippen molar-refractivity contribution in [2.24, 2.45) is 11.0 Å². The molecular weight excluding hydrogens is 302 g/mol. The van der Waals surface area contributed by atoms with Crippen molar-refractivity contribution in [3.63, 3.8) is 0 Å². The van der Waals surface area contributed by atoms with Gasteiger partial charge in [0.25, 0.3) is 0 Å². The summed E-state index contributed by atoms with van der Waals surface area (Å²) in [4.78, 5) is 14.0. The minimum absolute atomic E-state index is 0.00329. The average molecular weight is 329 g/mol. The predicted molar refractivity (Wildman–Crippen MR) is 95.3 cm³/mol. The first-order valence-electron chi connectivity index (χ1n) is 9.08. The first-order valence-corrected chi connectivity index (χ1v) is 9.08. The van der Waals surface area contributed by atoms with Crippen LogP contribution < -0.4 is 10.2 Å². The van der Waals surface area contributed by atoms with E-state index >= 15 is 0 Å². The molecular formula is C19H27N3O2. The molecule has 1 amide bonds. The molecule has 5 heteroatoms. The summed E-state index contributed by atoms with van der Waals surface area (Å²) in [6.07, 6.45) is 5.18. The van der Waals surface area contributed by atoms with Gasteiger partial charge < -0.3 is 9.64 Å². The van der Waals surface area contributed by atoms with Crippen molar-refractivity contribution in [2.45, 2.75) is 39.0 Å². The number of rotatable bonds is 7. The first-order chi connectivity index (χ1) is 11.8. The Morgan fingerprint density at radius 1 is 1.25 bits per heavy atom. The summed E-state index contributed by atoms with van der Waals surface area (Å²) in [5, 5.41) is 4.25. The van der Waals surface area contributed by atoms with E-state index in [1.807, 2.05) is 24.3 Å². The number of ether oxygens (including phenoxy) is 1. The molecule has 0 aliphatic carbocycles. The molecule has 1 N–H and O–H groups in total.